The molecule has 1 fully saturated rings. The number of benzene rings is 1. The number of nitrogens with one attached hydrogen (secondary N) is 1. The Kier molecular flexibility index (Phi) is 6.26. The van der Waals surface area contributed by atoms with E-state index in [1.165, 1.54) is 0 Å². The quantitative estimate of drug-likeness (QED) is 0.744. The monoisotopic (exact) mass is 320 g/mol. The van der Waals surface area contributed by atoms with E-state index in [4.69, 9.17) is 9.47 Å². The van der Waals surface area contributed by atoms with Crippen molar-refractivity contribution in [2.24, 2.45) is 0 Å². The molecule has 1 heterocycles. The largest absolute Gasteiger partial charge is 0.494 e. The summed E-state index contributed by atoms with van der Waals surface area (Å²) in [6.45, 7) is 3.46. The number of urea groups is 1. The predicted molar refractivity (Wildman–Crippen MR) is 86.5 cm³/mol. The highest BCUT2D eigenvalue weighted by atomic mass is 16.5. The highest BCUT2D eigenvalue weighted by Gasteiger charge is 2.26. The smallest absolute Gasteiger partial charge is 0.317 e. The van der Waals surface area contributed by atoms with Crippen molar-refractivity contribution in [3.63, 3.8) is 0 Å². The minimum absolute atomic E-state index is 0.0269. The summed E-state index contributed by atoms with van der Waals surface area (Å²) < 4.78 is 10.6. The van der Waals surface area contributed by atoms with Gasteiger partial charge in [-0.05, 0) is 31.0 Å². The van der Waals surface area contributed by atoms with Crippen LogP contribution in [0, 0.1) is 0 Å². The van der Waals surface area contributed by atoms with Crippen LogP contribution in [0.4, 0.5) is 4.79 Å². The molecule has 6 nitrogen and oxygen atoms in total. The second-order valence-electron chi connectivity index (χ2n) is 5.54. The molecule has 1 aliphatic heterocycles. The molecular formula is C17H24N2O4. The molecule has 1 saturated heterocycles. The normalized spacial score (nSPS) is 17.0. The standard InChI is InChI=1S/C17H24N2O4/c1-3-22-16(20)9-6-13-4-7-15(8-5-13)23-11-10-14-12-18-17(21)19(14)2/h4-5,7-8,14H,3,6,9-12H2,1-2H3,(H,18,21). The number of hydrogen-bond donors (Lipinski definition) is 1. The van der Waals surface area contributed by atoms with Gasteiger partial charge >= 0.3 is 12.0 Å². The Bertz CT molecular complexity index is 530. The molecule has 1 aromatic carbocycles. The van der Waals surface area contributed by atoms with Gasteiger partial charge < -0.3 is 19.7 Å². The van der Waals surface area contributed by atoms with E-state index in [9.17, 15) is 9.59 Å². The maximum atomic E-state index is 11.3. The van der Waals surface area contributed by atoms with Gasteiger partial charge in [-0.1, -0.05) is 12.1 Å². The van der Waals surface area contributed by atoms with Crippen LogP contribution in [-0.2, 0) is 16.0 Å². The van der Waals surface area contributed by atoms with Crippen LogP contribution < -0.4 is 10.1 Å². The van der Waals surface area contributed by atoms with Gasteiger partial charge in [0, 0.05) is 26.4 Å². The third-order valence-corrected chi connectivity index (χ3v) is 3.92. The van der Waals surface area contributed by atoms with Gasteiger partial charge in [-0.15, -0.1) is 0 Å². The molecule has 0 aliphatic carbocycles. The van der Waals surface area contributed by atoms with Crippen molar-refractivity contribution in [3.05, 3.63) is 29.8 Å². The van der Waals surface area contributed by atoms with Gasteiger partial charge in [-0.25, -0.2) is 4.79 Å². The van der Waals surface area contributed by atoms with Crippen LogP contribution in [0.3, 0.4) is 0 Å². The van der Waals surface area contributed by atoms with Crippen molar-refractivity contribution >= 4 is 12.0 Å². The predicted octanol–water partition coefficient (Wildman–Crippen LogP) is 1.97. The number of aryl methyl sites for hydroxylation is 1. The van der Waals surface area contributed by atoms with Crippen LogP contribution in [0.25, 0.3) is 0 Å². The minimum Gasteiger partial charge on any atom is -0.494 e. The molecule has 0 radical (unpaired) electrons. The maximum Gasteiger partial charge on any atom is 0.317 e. The van der Waals surface area contributed by atoms with Crippen molar-refractivity contribution in [1.82, 2.24) is 10.2 Å². The van der Waals surface area contributed by atoms with Crippen LogP contribution in [0.1, 0.15) is 25.3 Å². The number of ether oxygens (including phenoxy) is 2. The zero-order valence-electron chi connectivity index (χ0n) is 13.7. The van der Waals surface area contributed by atoms with Crippen molar-refractivity contribution < 1.29 is 19.1 Å². The molecular weight excluding hydrogens is 296 g/mol. The van der Waals surface area contributed by atoms with E-state index < -0.39 is 0 Å². The summed E-state index contributed by atoms with van der Waals surface area (Å²) in [6.07, 6.45) is 1.85. The molecule has 1 N–H and O–H groups in total. The van der Waals surface area contributed by atoms with Gasteiger partial charge in [0.1, 0.15) is 5.75 Å². The van der Waals surface area contributed by atoms with E-state index in [-0.39, 0.29) is 18.0 Å². The Morgan fingerprint density at radius 2 is 2.09 bits per heavy atom. The Hall–Kier alpha value is -2.24. The lowest BCUT2D eigenvalue weighted by atomic mass is 10.1. The van der Waals surface area contributed by atoms with Crippen molar-refractivity contribution in [2.75, 3.05) is 26.8 Å². The molecule has 1 unspecified atom stereocenters. The van der Waals surface area contributed by atoms with E-state index in [0.29, 0.717) is 32.6 Å². The lowest BCUT2D eigenvalue weighted by molar-refractivity contribution is -0.143. The molecule has 1 aromatic rings. The van der Waals surface area contributed by atoms with E-state index >= 15 is 0 Å². The molecule has 6 heteroatoms. The van der Waals surface area contributed by atoms with Crippen LogP contribution in [0.2, 0.25) is 0 Å². The number of carbonyl (C=O) groups is 2. The number of likely N-dealkylation sites (N-methyl/N-ethyl adjacent to an activating group) is 1. The summed E-state index contributed by atoms with van der Waals surface area (Å²) >= 11 is 0. The fraction of sp³-hybridized carbons (Fsp3) is 0.529. The number of nitrogens with zero attached hydrogens (tertiary/aromatic N) is 1. The topological polar surface area (TPSA) is 67.9 Å². The van der Waals surface area contributed by atoms with Crippen LogP contribution >= 0.6 is 0 Å². The first-order valence-corrected chi connectivity index (χ1v) is 7.98. The van der Waals surface area contributed by atoms with Crippen molar-refractivity contribution in [3.8, 4) is 5.75 Å². The number of amides is 2. The Morgan fingerprint density at radius 3 is 2.70 bits per heavy atom. The minimum atomic E-state index is -0.170. The first-order chi connectivity index (χ1) is 11.1. The highest BCUT2D eigenvalue weighted by Crippen LogP contribution is 2.15. The van der Waals surface area contributed by atoms with Gasteiger partial charge in [0.05, 0.1) is 19.3 Å². The number of carbonyl (C=O) groups excluding carboxylic acids is 2. The lowest BCUT2D eigenvalue weighted by Crippen LogP contribution is -2.31. The van der Waals surface area contributed by atoms with Crippen LogP contribution in [0.5, 0.6) is 5.75 Å². The molecule has 126 valence electrons. The van der Waals surface area contributed by atoms with Crippen molar-refractivity contribution in [2.45, 2.75) is 32.2 Å². The average molecular weight is 320 g/mol. The second kappa shape index (κ2) is 8.41. The van der Waals surface area contributed by atoms with Gasteiger partial charge in [0.2, 0.25) is 0 Å². The molecule has 0 bridgehead atoms. The summed E-state index contributed by atoms with van der Waals surface area (Å²) in [5, 5.41) is 2.80. The lowest BCUT2D eigenvalue weighted by Gasteiger charge is -2.17. The summed E-state index contributed by atoms with van der Waals surface area (Å²) in [5.74, 6) is 0.626. The fourth-order valence-electron chi connectivity index (χ4n) is 2.47. The molecule has 2 amide bonds. The summed E-state index contributed by atoms with van der Waals surface area (Å²) in [7, 11) is 1.80. The van der Waals surface area contributed by atoms with E-state index in [0.717, 1.165) is 17.7 Å². The molecule has 23 heavy (non-hydrogen) atoms. The fourth-order valence-corrected chi connectivity index (χ4v) is 2.47. The number of hydrogen-bond acceptors (Lipinski definition) is 4. The molecule has 0 spiro atoms. The highest BCUT2D eigenvalue weighted by molar-refractivity contribution is 5.76. The summed E-state index contributed by atoms with van der Waals surface area (Å²) in [6, 6.07) is 7.89. The molecule has 1 aliphatic rings. The number of rotatable bonds is 8. The molecule has 2 rings (SSSR count). The average Bonchev–Trinajstić information content (AvgIpc) is 2.86. The molecule has 0 saturated carbocycles. The maximum absolute atomic E-state index is 11.3. The van der Waals surface area contributed by atoms with E-state index in [1.54, 1.807) is 18.9 Å². The third-order valence-electron chi connectivity index (χ3n) is 3.92. The Morgan fingerprint density at radius 1 is 1.35 bits per heavy atom. The van der Waals surface area contributed by atoms with Gasteiger partial charge in [-0.2, -0.15) is 0 Å². The third kappa shape index (κ3) is 5.16. The first kappa shape index (κ1) is 17.1. The van der Waals surface area contributed by atoms with Crippen molar-refractivity contribution in [1.29, 1.82) is 0 Å². The Balaban J connectivity index is 1.70. The van der Waals surface area contributed by atoms with Crippen LogP contribution in [0.15, 0.2) is 24.3 Å². The summed E-state index contributed by atoms with van der Waals surface area (Å²) in [4.78, 5) is 24.4. The van der Waals surface area contributed by atoms with Gasteiger partial charge in [0.25, 0.3) is 0 Å². The molecule has 0 aromatic heterocycles. The van der Waals surface area contributed by atoms with Crippen LogP contribution in [-0.4, -0.2) is 49.7 Å². The zero-order chi connectivity index (χ0) is 16.7. The second-order valence-corrected chi connectivity index (χ2v) is 5.54. The Labute approximate surface area is 136 Å². The van der Waals surface area contributed by atoms with Gasteiger partial charge in [-0.3, -0.25) is 4.79 Å². The zero-order valence-corrected chi connectivity index (χ0v) is 13.7. The molecule has 1 atom stereocenters. The van der Waals surface area contributed by atoms with Gasteiger partial charge in [0.15, 0.2) is 0 Å². The number of esters is 1. The summed E-state index contributed by atoms with van der Waals surface area (Å²) in [5.41, 5.74) is 1.08. The van der Waals surface area contributed by atoms with E-state index in [2.05, 4.69) is 5.32 Å². The SMILES string of the molecule is CCOC(=O)CCc1ccc(OCCC2CNC(=O)N2C)cc1. The van der Waals surface area contributed by atoms with E-state index in [1.807, 2.05) is 24.3 Å². The first-order valence-electron chi connectivity index (χ1n) is 7.98.